The molecule has 0 amide bonds. The van der Waals surface area contributed by atoms with Gasteiger partial charge in [0.2, 0.25) is 0 Å². The molecule has 0 spiro atoms. The number of hydrogen-bond donors (Lipinski definition) is 0. The Hall–Kier alpha value is -2.53. The fraction of sp³-hybridized carbons (Fsp3) is 0.556. The van der Waals surface area contributed by atoms with Crippen molar-refractivity contribution >= 4 is 57.3 Å². The van der Waals surface area contributed by atoms with Crippen molar-refractivity contribution < 1.29 is 41.0 Å². The molecule has 0 bridgehead atoms. The van der Waals surface area contributed by atoms with Crippen molar-refractivity contribution in [1.29, 1.82) is 0 Å². The molecule has 0 aliphatic carbocycles. The van der Waals surface area contributed by atoms with Crippen LogP contribution in [0.25, 0.3) is 0 Å². The Labute approximate surface area is 298 Å². The molecule has 2 rings (SSSR count). The lowest BCUT2D eigenvalue weighted by Gasteiger charge is -2.43. The number of carbonyl (C=O) groups excluding carboxylic acids is 4. The summed E-state index contributed by atoms with van der Waals surface area (Å²) in [5.74, 6) is -2.86. The number of ether oxygens (including phenoxy) is 2. The topological polar surface area (TPSA) is 114 Å². The van der Waals surface area contributed by atoms with E-state index in [1.54, 1.807) is 60.7 Å². The van der Waals surface area contributed by atoms with Crippen molar-refractivity contribution in [1.82, 2.24) is 0 Å². The number of Topliss-reactive ketones (excluding diaryl/α,β-unsaturated/α-hetero) is 2. The average molecular weight is 747 g/mol. The van der Waals surface area contributed by atoms with Crippen LogP contribution in [0.3, 0.4) is 0 Å². The highest BCUT2D eigenvalue weighted by Crippen LogP contribution is 2.32. The molecular formula is C36H58O9Si4. The molecule has 9 nitrogen and oxygen atoms in total. The second-order valence-electron chi connectivity index (χ2n) is 14.8. The molecule has 13 heteroatoms. The van der Waals surface area contributed by atoms with Gasteiger partial charge in [0.25, 0.3) is 11.6 Å². The molecule has 2 aromatic carbocycles. The Balaban J connectivity index is 1.83. The third kappa shape index (κ3) is 17.8. The predicted molar refractivity (Wildman–Crippen MR) is 203 cm³/mol. The van der Waals surface area contributed by atoms with E-state index in [1.807, 2.05) is 0 Å². The maximum absolute atomic E-state index is 12.2. The van der Waals surface area contributed by atoms with E-state index in [0.717, 1.165) is 50.6 Å². The van der Waals surface area contributed by atoms with Gasteiger partial charge in [0.1, 0.15) is 0 Å². The van der Waals surface area contributed by atoms with Gasteiger partial charge in [0.05, 0.1) is 13.2 Å². The minimum absolute atomic E-state index is 0.220. The molecule has 0 saturated heterocycles. The zero-order chi connectivity index (χ0) is 36.6. The summed E-state index contributed by atoms with van der Waals surface area (Å²) in [6, 6.07) is 18.6. The Morgan fingerprint density at radius 3 is 1.10 bits per heavy atom. The molecule has 0 aliphatic rings. The van der Waals surface area contributed by atoms with Crippen molar-refractivity contribution in [3.05, 3.63) is 71.8 Å². The average Bonchev–Trinajstić information content (AvgIpc) is 3.01. The lowest BCUT2D eigenvalue weighted by Crippen LogP contribution is -2.58. The van der Waals surface area contributed by atoms with Crippen LogP contribution >= 0.6 is 0 Å². The molecule has 272 valence electrons. The Kier molecular flexibility index (Phi) is 17.7. The van der Waals surface area contributed by atoms with Gasteiger partial charge in [-0.25, -0.2) is 9.59 Å². The lowest BCUT2D eigenvalue weighted by molar-refractivity contribution is -0.138. The molecule has 2 aromatic rings. The van der Waals surface area contributed by atoms with Crippen LogP contribution in [0.5, 0.6) is 0 Å². The highest BCUT2D eigenvalue weighted by molar-refractivity contribution is 6.89. The molecule has 2 atom stereocenters. The van der Waals surface area contributed by atoms with E-state index >= 15 is 0 Å². The maximum atomic E-state index is 12.2. The number of carbonyl (C=O) groups is 4. The van der Waals surface area contributed by atoms with E-state index in [1.165, 1.54) is 0 Å². The summed E-state index contributed by atoms with van der Waals surface area (Å²) in [7, 11) is -9.01. The Bertz CT molecular complexity index is 1230. The number of unbranched alkanes of at least 4 members (excludes halogenated alkanes) is 6. The van der Waals surface area contributed by atoms with Crippen LogP contribution in [0.2, 0.25) is 64.5 Å². The highest BCUT2D eigenvalue weighted by Gasteiger charge is 2.46. The first-order valence-electron chi connectivity index (χ1n) is 17.6. The standard InChI is InChI=1S/C36H58O9Si4/c1-46(2,3)43-48(7,29-21-11-9-19-27-41-35(39)33(37)31-23-15-13-16-24-31)45-49(8,44-47(4,5)6)30-22-12-10-20-28-42-36(40)34(38)32-25-17-14-18-26-32/h13-18,23-26H,9-12,19-22,27-30H2,1-8H3. The van der Waals surface area contributed by atoms with Gasteiger partial charge in [-0.1, -0.05) is 99.2 Å². The molecule has 0 radical (unpaired) electrons. The monoisotopic (exact) mass is 746 g/mol. The third-order valence-corrected chi connectivity index (χ3v) is 21.8. The van der Waals surface area contributed by atoms with Crippen LogP contribution in [0, 0.1) is 0 Å². The quantitative estimate of drug-likeness (QED) is 0.0342. The van der Waals surface area contributed by atoms with Crippen LogP contribution in [0.4, 0.5) is 0 Å². The molecule has 0 aliphatic heterocycles. The van der Waals surface area contributed by atoms with E-state index in [0.29, 0.717) is 24.0 Å². The van der Waals surface area contributed by atoms with E-state index in [4.69, 9.17) is 21.8 Å². The van der Waals surface area contributed by atoms with Gasteiger partial charge in [-0.2, -0.15) is 0 Å². The normalized spacial score (nSPS) is 14.4. The molecule has 49 heavy (non-hydrogen) atoms. The molecule has 0 fully saturated rings. The van der Waals surface area contributed by atoms with Gasteiger partial charge >= 0.3 is 29.1 Å². The highest BCUT2D eigenvalue weighted by atomic mass is 28.5. The fourth-order valence-corrected chi connectivity index (χ4v) is 24.2. The number of benzene rings is 2. The van der Waals surface area contributed by atoms with Gasteiger partial charge in [0.15, 0.2) is 16.6 Å². The molecule has 0 N–H and O–H groups in total. The van der Waals surface area contributed by atoms with Crippen molar-refractivity contribution in [2.24, 2.45) is 0 Å². The SMILES string of the molecule is C[Si](C)(C)O[Si](C)(CCCCCCOC(=O)C(=O)c1ccccc1)O[Si](C)(CCCCCCOC(=O)C(=O)c1ccccc1)O[Si](C)(C)C. The first kappa shape index (κ1) is 42.6. The summed E-state index contributed by atoms with van der Waals surface area (Å²) in [5.41, 5.74) is 0.674. The van der Waals surface area contributed by atoms with Crippen LogP contribution in [0.1, 0.15) is 72.1 Å². The number of rotatable bonds is 24. The Morgan fingerprint density at radius 2 is 0.776 bits per heavy atom. The summed E-state index contributed by atoms with van der Waals surface area (Å²) < 4.78 is 31.2. The van der Waals surface area contributed by atoms with E-state index in [9.17, 15) is 19.2 Å². The summed E-state index contributed by atoms with van der Waals surface area (Å²) >= 11 is 0. The van der Waals surface area contributed by atoms with Crippen molar-refractivity contribution in [3.8, 4) is 0 Å². The largest absolute Gasteiger partial charge is 0.460 e. The van der Waals surface area contributed by atoms with Crippen LogP contribution in [0.15, 0.2) is 60.7 Å². The predicted octanol–water partition coefficient (Wildman–Crippen LogP) is 8.82. The second-order valence-corrected chi connectivity index (χ2v) is 31.2. The second kappa shape index (κ2) is 20.4. The summed E-state index contributed by atoms with van der Waals surface area (Å²) in [6.45, 7) is 18.0. The van der Waals surface area contributed by atoms with Gasteiger partial charge in [0, 0.05) is 11.1 Å². The number of esters is 2. The minimum Gasteiger partial charge on any atom is -0.460 e. The smallest absolute Gasteiger partial charge is 0.379 e. The number of ketones is 2. The summed E-state index contributed by atoms with van der Waals surface area (Å²) in [6.07, 6.45) is 6.89. The third-order valence-electron chi connectivity index (χ3n) is 7.44. The zero-order valence-electron chi connectivity index (χ0n) is 30.9. The van der Waals surface area contributed by atoms with Gasteiger partial charge < -0.3 is 21.8 Å². The van der Waals surface area contributed by atoms with Gasteiger partial charge in [-0.05, 0) is 77.3 Å². The van der Waals surface area contributed by atoms with Crippen molar-refractivity contribution in [3.63, 3.8) is 0 Å². The first-order chi connectivity index (χ1) is 22.9. The zero-order valence-corrected chi connectivity index (χ0v) is 34.9. The lowest BCUT2D eigenvalue weighted by atomic mass is 10.1. The van der Waals surface area contributed by atoms with Crippen molar-refractivity contribution in [2.45, 2.75) is 116 Å². The van der Waals surface area contributed by atoms with E-state index in [-0.39, 0.29) is 13.2 Å². The maximum Gasteiger partial charge on any atom is 0.379 e. The van der Waals surface area contributed by atoms with Gasteiger partial charge in [-0.15, -0.1) is 0 Å². The van der Waals surface area contributed by atoms with Crippen LogP contribution in [-0.4, -0.2) is 70.5 Å². The summed E-state index contributed by atoms with van der Waals surface area (Å²) in [5, 5.41) is 0. The van der Waals surface area contributed by atoms with E-state index in [2.05, 4.69) is 52.4 Å². The fourth-order valence-electron chi connectivity index (χ4n) is 5.68. The molecule has 0 heterocycles. The summed E-state index contributed by atoms with van der Waals surface area (Å²) in [4.78, 5) is 48.7. The van der Waals surface area contributed by atoms with Gasteiger partial charge in [-0.3, -0.25) is 9.59 Å². The van der Waals surface area contributed by atoms with Crippen LogP contribution in [-0.2, 0) is 31.4 Å². The molecule has 0 saturated carbocycles. The first-order valence-corrected chi connectivity index (χ1v) is 29.4. The molecule has 2 unspecified atom stereocenters. The Morgan fingerprint density at radius 1 is 0.449 bits per heavy atom. The minimum atomic E-state index is -2.59. The number of hydrogen-bond acceptors (Lipinski definition) is 9. The van der Waals surface area contributed by atoms with Crippen molar-refractivity contribution in [2.75, 3.05) is 13.2 Å². The molecular weight excluding hydrogens is 689 g/mol. The van der Waals surface area contributed by atoms with E-state index < -0.39 is 57.3 Å². The molecule has 0 aromatic heterocycles. The van der Waals surface area contributed by atoms with Crippen LogP contribution < -0.4 is 0 Å².